The molecule has 32 heavy (non-hydrogen) atoms. The summed E-state index contributed by atoms with van der Waals surface area (Å²) in [6.07, 6.45) is 2.09. The van der Waals surface area contributed by atoms with E-state index in [9.17, 15) is 9.59 Å². The number of amides is 1. The molecule has 0 spiro atoms. The summed E-state index contributed by atoms with van der Waals surface area (Å²) in [5.41, 5.74) is 2.46. The highest BCUT2D eigenvalue weighted by molar-refractivity contribution is 7.25. The second-order valence-corrected chi connectivity index (χ2v) is 10.1. The molecule has 0 unspecified atom stereocenters. The van der Waals surface area contributed by atoms with Gasteiger partial charge in [0.25, 0.3) is 5.56 Å². The molecule has 4 aromatic rings. The van der Waals surface area contributed by atoms with E-state index >= 15 is 0 Å². The summed E-state index contributed by atoms with van der Waals surface area (Å²) in [5.74, 6) is -0.397. The van der Waals surface area contributed by atoms with Crippen molar-refractivity contribution in [1.29, 1.82) is 0 Å². The quantitative estimate of drug-likeness (QED) is 0.447. The molecule has 1 amide bonds. The summed E-state index contributed by atoms with van der Waals surface area (Å²) < 4.78 is 7.64. The summed E-state index contributed by atoms with van der Waals surface area (Å²) >= 11 is 13.3. The van der Waals surface area contributed by atoms with Gasteiger partial charge in [-0.15, -0.1) is 11.3 Å². The fourth-order valence-corrected chi connectivity index (χ4v) is 5.26. The number of thiophene rings is 1. The summed E-state index contributed by atoms with van der Waals surface area (Å²) in [6, 6.07) is 6.78. The van der Waals surface area contributed by atoms with Gasteiger partial charge in [0.05, 0.1) is 40.5 Å². The first-order valence-corrected chi connectivity index (χ1v) is 11.5. The molecular weight excluding hydrogens is 471 g/mol. The number of hydrogen-bond donors (Lipinski definition) is 1. The standard InChI is InChI=1S/C22H18Cl2N4O3S/c1-22(2)7-16-11(9-31-22)5-13-18-19(32-20(13)27-16)21(30)28(10-25-18)8-17(29)26-15-4-3-12(23)6-14(15)24/h3-6,10H,7-9H2,1-2H3,(H,26,29). The van der Waals surface area contributed by atoms with Crippen LogP contribution in [0.1, 0.15) is 25.1 Å². The Morgan fingerprint density at radius 2 is 2.12 bits per heavy atom. The first-order valence-electron chi connectivity index (χ1n) is 9.89. The van der Waals surface area contributed by atoms with Crippen LogP contribution in [-0.4, -0.2) is 26.0 Å². The number of fused-ring (bicyclic) bond motifs is 4. The van der Waals surface area contributed by atoms with Gasteiger partial charge in [0.2, 0.25) is 5.91 Å². The minimum atomic E-state index is -0.397. The van der Waals surface area contributed by atoms with Gasteiger partial charge in [-0.3, -0.25) is 14.2 Å². The number of hydrogen-bond acceptors (Lipinski definition) is 6. The molecule has 0 fully saturated rings. The van der Waals surface area contributed by atoms with Crippen LogP contribution in [0.2, 0.25) is 10.0 Å². The van der Waals surface area contributed by atoms with Crippen LogP contribution in [0.4, 0.5) is 5.69 Å². The van der Waals surface area contributed by atoms with Gasteiger partial charge < -0.3 is 10.1 Å². The van der Waals surface area contributed by atoms with E-state index in [2.05, 4.69) is 10.3 Å². The van der Waals surface area contributed by atoms with E-state index < -0.39 is 5.91 Å². The molecule has 1 N–H and O–H groups in total. The molecule has 0 saturated heterocycles. The van der Waals surface area contributed by atoms with Crippen LogP contribution < -0.4 is 10.9 Å². The molecule has 0 saturated carbocycles. The second-order valence-electron chi connectivity index (χ2n) is 8.30. The predicted octanol–water partition coefficient (Wildman–Crippen LogP) is 4.80. The van der Waals surface area contributed by atoms with Crippen LogP contribution in [0.3, 0.4) is 0 Å². The highest BCUT2D eigenvalue weighted by Gasteiger charge is 2.28. The molecule has 10 heteroatoms. The lowest BCUT2D eigenvalue weighted by Gasteiger charge is -2.30. The van der Waals surface area contributed by atoms with Gasteiger partial charge in [-0.05, 0) is 38.1 Å². The molecule has 164 valence electrons. The molecule has 3 aromatic heterocycles. The van der Waals surface area contributed by atoms with Crippen molar-refractivity contribution in [2.45, 2.75) is 39.0 Å². The average Bonchev–Trinajstić information content (AvgIpc) is 3.08. The van der Waals surface area contributed by atoms with Crippen LogP contribution >= 0.6 is 34.5 Å². The lowest BCUT2D eigenvalue weighted by atomic mass is 9.95. The van der Waals surface area contributed by atoms with Crippen LogP contribution in [0.15, 0.2) is 35.4 Å². The Hall–Kier alpha value is -2.52. The number of nitrogens with zero attached hydrogens (tertiary/aromatic N) is 3. The SMILES string of the molecule is CC1(C)Cc2nc3sc4c(=O)n(CC(=O)Nc5ccc(Cl)cc5Cl)cnc4c3cc2CO1. The molecule has 0 aliphatic carbocycles. The van der Waals surface area contributed by atoms with Crippen molar-refractivity contribution in [2.75, 3.05) is 5.32 Å². The van der Waals surface area contributed by atoms with Gasteiger partial charge in [0.15, 0.2) is 0 Å². The molecule has 7 nitrogen and oxygen atoms in total. The van der Waals surface area contributed by atoms with E-state index in [-0.39, 0.29) is 17.7 Å². The first kappa shape index (κ1) is 21.3. The van der Waals surface area contributed by atoms with Gasteiger partial charge in [0.1, 0.15) is 16.1 Å². The van der Waals surface area contributed by atoms with Crippen LogP contribution in [0, 0.1) is 0 Å². The fourth-order valence-electron chi connectivity index (χ4n) is 3.73. The van der Waals surface area contributed by atoms with E-state index in [1.165, 1.54) is 28.3 Å². The number of carbonyl (C=O) groups is 1. The zero-order valence-corrected chi connectivity index (χ0v) is 19.6. The minimum absolute atomic E-state index is 0.194. The van der Waals surface area contributed by atoms with Crippen molar-refractivity contribution in [3.05, 3.63) is 62.2 Å². The third-order valence-corrected chi connectivity index (χ3v) is 6.96. The second kappa shape index (κ2) is 7.81. The van der Waals surface area contributed by atoms with Gasteiger partial charge >= 0.3 is 0 Å². The normalized spacial score (nSPS) is 15.1. The number of pyridine rings is 1. The fraction of sp³-hybridized carbons (Fsp3) is 0.273. The number of carbonyl (C=O) groups excluding carboxylic acids is 1. The molecule has 0 atom stereocenters. The van der Waals surface area contributed by atoms with Crippen molar-refractivity contribution in [1.82, 2.24) is 14.5 Å². The first-order chi connectivity index (χ1) is 15.2. The van der Waals surface area contributed by atoms with Crippen LogP contribution in [0.25, 0.3) is 20.4 Å². The average molecular weight is 489 g/mol. The minimum Gasteiger partial charge on any atom is -0.370 e. The Morgan fingerprint density at radius 3 is 2.91 bits per heavy atom. The van der Waals surface area contributed by atoms with E-state index in [1.807, 2.05) is 19.9 Å². The number of ether oxygens (including phenoxy) is 1. The number of benzene rings is 1. The molecular formula is C22H18Cl2N4O3S. The third-order valence-electron chi connectivity index (χ3n) is 5.34. The summed E-state index contributed by atoms with van der Waals surface area (Å²) in [7, 11) is 0. The van der Waals surface area contributed by atoms with E-state index in [4.69, 9.17) is 32.9 Å². The van der Waals surface area contributed by atoms with Crippen molar-refractivity contribution in [2.24, 2.45) is 0 Å². The lowest BCUT2D eigenvalue weighted by molar-refractivity contribution is -0.116. The molecule has 0 radical (unpaired) electrons. The zero-order valence-electron chi connectivity index (χ0n) is 17.2. The lowest BCUT2D eigenvalue weighted by Crippen LogP contribution is -2.32. The topological polar surface area (TPSA) is 86.1 Å². The van der Waals surface area contributed by atoms with Crippen LogP contribution in [0.5, 0.6) is 0 Å². The van der Waals surface area contributed by atoms with Crippen molar-refractivity contribution in [3.8, 4) is 0 Å². The van der Waals surface area contributed by atoms with Gasteiger partial charge in [-0.2, -0.15) is 0 Å². The maximum absolute atomic E-state index is 13.1. The predicted molar refractivity (Wildman–Crippen MR) is 127 cm³/mol. The largest absolute Gasteiger partial charge is 0.370 e. The maximum Gasteiger partial charge on any atom is 0.271 e. The Bertz CT molecular complexity index is 1460. The molecule has 5 rings (SSSR count). The summed E-state index contributed by atoms with van der Waals surface area (Å²) in [6.45, 7) is 4.36. The van der Waals surface area contributed by atoms with Gasteiger partial charge in [-0.1, -0.05) is 23.2 Å². The summed E-state index contributed by atoms with van der Waals surface area (Å²) in [5, 5.41) is 4.30. The molecule has 4 heterocycles. The number of nitrogens with one attached hydrogen (secondary N) is 1. The highest BCUT2D eigenvalue weighted by atomic mass is 35.5. The van der Waals surface area contributed by atoms with E-state index in [0.717, 1.165) is 21.5 Å². The van der Waals surface area contributed by atoms with Crippen LogP contribution in [-0.2, 0) is 29.1 Å². The van der Waals surface area contributed by atoms with E-state index in [0.29, 0.717) is 39.0 Å². The Kier molecular flexibility index (Phi) is 5.21. The molecule has 1 aliphatic rings. The number of aromatic nitrogens is 3. The van der Waals surface area contributed by atoms with Crippen molar-refractivity contribution < 1.29 is 9.53 Å². The third kappa shape index (κ3) is 3.88. The number of rotatable bonds is 3. The monoisotopic (exact) mass is 488 g/mol. The number of anilines is 1. The molecule has 0 bridgehead atoms. The smallest absolute Gasteiger partial charge is 0.271 e. The van der Waals surface area contributed by atoms with Gasteiger partial charge in [-0.25, -0.2) is 9.97 Å². The molecule has 1 aromatic carbocycles. The number of halogens is 2. The maximum atomic E-state index is 13.1. The van der Waals surface area contributed by atoms with Crippen molar-refractivity contribution >= 4 is 66.6 Å². The van der Waals surface area contributed by atoms with Crippen molar-refractivity contribution in [3.63, 3.8) is 0 Å². The van der Waals surface area contributed by atoms with Gasteiger partial charge in [0, 0.05) is 22.4 Å². The van der Waals surface area contributed by atoms with E-state index in [1.54, 1.807) is 12.1 Å². The zero-order chi connectivity index (χ0) is 22.6. The summed E-state index contributed by atoms with van der Waals surface area (Å²) in [4.78, 5) is 35.6. The Balaban J connectivity index is 1.47. The Labute approximate surface area is 197 Å². The molecule has 1 aliphatic heterocycles. The Morgan fingerprint density at radius 1 is 1.31 bits per heavy atom. The highest BCUT2D eigenvalue weighted by Crippen LogP contribution is 2.34.